The molecule has 112 valence electrons. The lowest BCUT2D eigenvalue weighted by Crippen LogP contribution is -2.61. The molecule has 0 aromatic heterocycles. The summed E-state index contributed by atoms with van der Waals surface area (Å²) in [5.41, 5.74) is 2.67. The molecule has 3 aliphatic rings. The molecule has 2 aromatic carbocycles. The van der Waals surface area contributed by atoms with Crippen molar-refractivity contribution >= 4 is 0 Å². The van der Waals surface area contributed by atoms with Gasteiger partial charge in [-0.15, -0.1) is 0 Å². The molecule has 1 spiro atoms. The summed E-state index contributed by atoms with van der Waals surface area (Å²) in [4.78, 5) is 0. The maximum Gasteiger partial charge on any atom is 0.257 e. The zero-order valence-corrected chi connectivity index (χ0v) is 12.6. The molecule has 0 bridgehead atoms. The molecule has 0 amide bonds. The molecule has 2 heterocycles. The van der Waals surface area contributed by atoms with Crippen molar-refractivity contribution in [2.75, 3.05) is 0 Å². The normalized spacial score (nSPS) is 31.6. The molecule has 2 aliphatic heterocycles. The highest BCUT2D eigenvalue weighted by Crippen LogP contribution is 2.52. The van der Waals surface area contributed by atoms with Crippen LogP contribution in [0.3, 0.4) is 0 Å². The molecule has 2 aromatic rings. The Hall–Kier alpha value is -1.96. The van der Waals surface area contributed by atoms with Crippen LogP contribution in [0, 0.1) is 11.8 Å². The van der Waals surface area contributed by atoms with Gasteiger partial charge in [0.25, 0.3) is 5.79 Å². The highest BCUT2D eigenvalue weighted by molar-refractivity contribution is 5.41. The molecule has 2 nitrogen and oxygen atoms in total. The van der Waals surface area contributed by atoms with Gasteiger partial charge in [-0.3, -0.25) is 0 Å². The second kappa shape index (κ2) is 4.52. The average Bonchev–Trinajstić information content (AvgIpc) is 2.56. The minimum atomic E-state index is -0.443. The van der Waals surface area contributed by atoms with E-state index >= 15 is 0 Å². The molecule has 1 fully saturated rings. The molecular weight excluding hydrogens is 272 g/mol. The van der Waals surface area contributed by atoms with Gasteiger partial charge < -0.3 is 9.47 Å². The lowest BCUT2D eigenvalue weighted by Gasteiger charge is -2.53. The fourth-order valence-electron chi connectivity index (χ4n) is 4.61. The first-order valence-corrected chi connectivity index (χ1v) is 8.39. The maximum atomic E-state index is 6.56. The standard InChI is InChI=1S/C20H20O2/c1-3-10-18-14(6-1)12-16-8-5-9-17-13-15-7-2-4-11-19(15)22-20(16,17)21-18/h1-4,6-7,10-11,16-17H,5,8-9,12-13H2/t16-,17-,20?/m1/s1. The lowest BCUT2D eigenvalue weighted by molar-refractivity contribution is -0.226. The van der Waals surface area contributed by atoms with Crippen LogP contribution in [0.25, 0.3) is 0 Å². The predicted octanol–water partition coefficient (Wildman–Crippen LogP) is 4.37. The molecule has 1 aliphatic carbocycles. The monoisotopic (exact) mass is 292 g/mol. The lowest BCUT2D eigenvalue weighted by atomic mass is 9.68. The Morgan fingerprint density at radius 2 is 1.23 bits per heavy atom. The van der Waals surface area contributed by atoms with E-state index in [9.17, 15) is 0 Å². The Morgan fingerprint density at radius 3 is 1.77 bits per heavy atom. The third-order valence-corrected chi connectivity index (χ3v) is 5.66. The molecule has 0 saturated heterocycles. The molecule has 0 N–H and O–H groups in total. The van der Waals surface area contributed by atoms with Gasteiger partial charge in [0, 0.05) is 11.8 Å². The first kappa shape index (κ1) is 12.6. The van der Waals surface area contributed by atoms with Crippen LogP contribution in [0.1, 0.15) is 30.4 Å². The minimum Gasteiger partial charge on any atom is -0.451 e. The Bertz CT molecular complexity index is 660. The predicted molar refractivity (Wildman–Crippen MR) is 85.1 cm³/mol. The van der Waals surface area contributed by atoms with E-state index in [4.69, 9.17) is 9.47 Å². The molecule has 0 radical (unpaired) electrons. The molecule has 22 heavy (non-hydrogen) atoms. The molecule has 5 rings (SSSR count). The highest BCUT2D eigenvalue weighted by atomic mass is 16.7. The summed E-state index contributed by atoms with van der Waals surface area (Å²) in [6.07, 6.45) is 5.85. The van der Waals surface area contributed by atoms with Gasteiger partial charge in [-0.1, -0.05) is 42.8 Å². The minimum absolute atomic E-state index is 0.443. The largest absolute Gasteiger partial charge is 0.451 e. The summed E-state index contributed by atoms with van der Waals surface area (Å²) in [6.45, 7) is 0. The van der Waals surface area contributed by atoms with Crippen molar-refractivity contribution < 1.29 is 9.47 Å². The molecule has 0 unspecified atom stereocenters. The van der Waals surface area contributed by atoms with Gasteiger partial charge >= 0.3 is 0 Å². The van der Waals surface area contributed by atoms with Gasteiger partial charge in [-0.2, -0.15) is 0 Å². The summed E-state index contributed by atoms with van der Waals surface area (Å²) in [7, 11) is 0. The number of fused-ring (bicyclic) bond motifs is 2. The number of hydrogen-bond acceptors (Lipinski definition) is 2. The van der Waals surface area contributed by atoms with Crippen molar-refractivity contribution in [3.8, 4) is 11.5 Å². The second-order valence-electron chi connectivity index (χ2n) is 6.87. The zero-order valence-electron chi connectivity index (χ0n) is 12.6. The Labute approximate surface area is 131 Å². The topological polar surface area (TPSA) is 18.5 Å². The quantitative estimate of drug-likeness (QED) is 0.718. The van der Waals surface area contributed by atoms with Gasteiger partial charge in [0.2, 0.25) is 0 Å². The molecule has 2 heteroatoms. The van der Waals surface area contributed by atoms with Crippen molar-refractivity contribution in [1.29, 1.82) is 0 Å². The van der Waals surface area contributed by atoms with E-state index in [1.54, 1.807) is 0 Å². The van der Waals surface area contributed by atoms with E-state index in [1.165, 1.54) is 30.4 Å². The van der Waals surface area contributed by atoms with E-state index in [1.807, 2.05) is 0 Å². The van der Waals surface area contributed by atoms with Crippen LogP contribution in [0.4, 0.5) is 0 Å². The van der Waals surface area contributed by atoms with E-state index in [2.05, 4.69) is 48.5 Å². The van der Waals surface area contributed by atoms with Crippen LogP contribution in [0.15, 0.2) is 48.5 Å². The maximum absolute atomic E-state index is 6.56. The zero-order chi connectivity index (χ0) is 14.6. The fraction of sp³-hybridized carbons (Fsp3) is 0.400. The number of hydrogen-bond donors (Lipinski definition) is 0. The van der Waals surface area contributed by atoms with Crippen molar-refractivity contribution in [3.63, 3.8) is 0 Å². The Morgan fingerprint density at radius 1 is 0.727 bits per heavy atom. The van der Waals surface area contributed by atoms with Crippen molar-refractivity contribution in [1.82, 2.24) is 0 Å². The van der Waals surface area contributed by atoms with Crippen molar-refractivity contribution in [2.24, 2.45) is 11.8 Å². The smallest absolute Gasteiger partial charge is 0.257 e. The van der Waals surface area contributed by atoms with Crippen LogP contribution in [-0.4, -0.2) is 5.79 Å². The summed E-state index contributed by atoms with van der Waals surface area (Å²) in [5.74, 6) is 2.53. The van der Waals surface area contributed by atoms with Gasteiger partial charge in [0.15, 0.2) is 0 Å². The van der Waals surface area contributed by atoms with Crippen LogP contribution >= 0.6 is 0 Å². The van der Waals surface area contributed by atoms with E-state index < -0.39 is 5.79 Å². The second-order valence-corrected chi connectivity index (χ2v) is 6.87. The Kier molecular flexibility index (Phi) is 2.58. The van der Waals surface area contributed by atoms with Gasteiger partial charge in [-0.05, 0) is 48.9 Å². The first-order chi connectivity index (χ1) is 10.9. The SMILES string of the molecule is c1ccc2c(c1)C[C@H]1CCC[C@@H]3Cc4ccccc4OC13O2. The third kappa shape index (κ3) is 1.67. The fourth-order valence-corrected chi connectivity index (χ4v) is 4.61. The summed E-state index contributed by atoms with van der Waals surface area (Å²) in [6, 6.07) is 16.9. The first-order valence-electron chi connectivity index (χ1n) is 8.39. The number of para-hydroxylation sites is 2. The molecular formula is C20H20O2. The van der Waals surface area contributed by atoms with Crippen LogP contribution < -0.4 is 9.47 Å². The molecule has 2 atom stereocenters. The van der Waals surface area contributed by atoms with E-state index in [-0.39, 0.29) is 0 Å². The van der Waals surface area contributed by atoms with Crippen LogP contribution in [-0.2, 0) is 12.8 Å². The number of benzene rings is 2. The van der Waals surface area contributed by atoms with Crippen LogP contribution in [0.2, 0.25) is 0 Å². The van der Waals surface area contributed by atoms with Gasteiger partial charge in [-0.25, -0.2) is 0 Å². The third-order valence-electron chi connectivity index (χ3n) is 5.66. The summed E-state index contributed by atoms with van der Waals surface area (Å²) >= 11 is 0. The summed E-state index contributed by atoms with van der Waals surface area (Å²) in [5, 5.41) is 0. The van der Waals surface area contributed by atoms with E-state index in [0.717, 1.165) is 24.3 Å². The highest BCUT2D eigenvalue weighted by Gasteiger charge is 2.56. The Balaban J connectivity index is 1.63. The van der Waals surface area contributed by atoms with E-state index in [0.29, 0.717) is 11.8 Å². The van der Waals surface area contributed by atoms with Gasteiger partial charge in [0.05, 0.1) is 0 Å². The van der Waals surface area contributed by atoms with Crippen molar-refractivity contribution in [3.05, 3.63) is 59.7 Å². The van der Waals surface area contributed by atoms with Crippen LogP contribution in [0.5, 0.6) is 11.5 Å². The van der Waals surface area contributed by atoms with Crippen molar-refractivity contribution in [2.45, 2.75) is 37.9 Å². The number of rotatable bonds is 0. The average molecular weight is 292 g/mol. The molecule has 1 saturated carbocycles. The summed E-state index contributed by atoms with van der Waals surface area (Å²) < 4.78 is 13.1. The van der Waals surface area contributed by atoms with Gasteiger partial charge in [0.1, 0.15) is 11.5 Å². The number of ether oxygens (including phenoxy) is 2.